The van der Waals surface area contributed by atoms with E-state index in [1.54, 1.807) is 29.5 Å². The molecule has 0 saturated heterocycles. The summed E-state index contributed by atoms with van der Waals surface area (Å²) in [4.78, 5) is 25.4. The number of fused-ring (bicyclic) bond motifs is 1. The molecule has 0 bridgehead atoms. The number of amides is 1. The molecule has 3 rings (SSSR count). The molecule has 0 aliphatic rings. The molecular weight excluding hydrogens is 314 g/mol. The zero-order chi connectivity index (χ0) is 16.2. The Morgan fingerprint density at radius 3 is 2.91 bits per heavy atom. The van der Waals surface area contributed by atoms with Crippen molar-refractivity contribution >= 4 is 28.2 Å². The van der Waals surface area contributed by atoms with Crippen LogP contribution in [0.4, 0.5) is 0 Å². The van der Waals surface area contributed by atoms with E-state index in [1.165, 1.54) is 18.1 Å². The fourth-order valence-corrected chi connectivity index (χ4v) is 2.92. The summed E-state index contributed by atoms with van der Waals surface area (Å²) in [6.07, 6.45) is 0.745. The lowest BCUT2D eigenvalue weighted by molar-refractivity contribution is 0.0927. The molecule has 0 radical (unpaired) electrons. The zero-order valence-corrected chi connectivity index (χ0v) is 13.3. The van der Waals surface area contributed by atoms with Gasteiger partial charge in [-0.1, -0.05) is 6.07 Å². The second-order valence-corrected chi connectivity index (χ2v) is 5.95. The lowest BCUT2D eigenvalue weighted by Crippen LogP contribution is -2.26. The summed E-state index contributed by atoms with van der Waals surface area (Å²) in [5.41, 5.74) is 0.0811. The van der Waals surface area contributed by atoms with Crippen LogP contribution in [0.5, 0.6) is 5.75 Å². The van der Waals surface area contributed by atoms with Gasteiger partial charge >= 0.3 is 0 Å². The Morgan fingerprint density at radius 2 is 2.17 bits per heavy atom. The molecule has 23 heavy (non-hydrogen) atoms. The van der Waals surface area contributed by atoms with Crippen LogP contribution in [-0.4, -0.2) is 19.6 Å². The van der Waals surface area contributed by atoms with Crippen molar-refractivity contribution in [3.63, 3.8) is 0 Å². The minimum Gasteiger partial charge on any atom is -0.497 e. The lowest BCUT2D eigenvalue weighted by Gasteiger charge is -2.06. The molecule has 5 nitrogen and oxygen atoms in total. The van der Waals surface area contributed by atoms with Gasteiger partial charge in [0, 0.05) is 23.6 Å². The first kappa shape index (κ1) is 15.3. The smallest absolute Gasteiger partial charge is 0.287 e. The van der Waals surface area contributed by atoms with Gasteiger partial charge in [-0.05, 0) is 30.0 Å². The summed E-state index contributed by atoms with van der Waals surface area (Å²) >= 11 is 1.64. The Balaban J connectivity index is 1.78. The highest BCUT2D eigenvalue weighted by atomic mass is 32.1. The predicted octanol–water partition coefficient (Wildman–Crippen LogP) is 2.84. The number of thiophene rings is 1. The summed E-state index contributed by atoms with van der Waals surface area (Å²) in [7, 11) is 1.53. The average molecular weight is 329 g/mol. The Morgan fingerprint density at radius 1 is 1.30 bits per heavy atom. The summed E-state index contributed by atoms with van der Waals surface area (Å²) in [6, 6.07) is 10.1. The van der Waals surface area contributed by atoms with Crippen LogP contribution in [0.15, 0.2) is 51.0 Å². The van der Waals surface area contributed by atoms with Crippen LogP contribution < -0.4 is 15.5 Å². The average Bonchev–Trinajstić information content (AvgIpc) is 3.07. The van der Waals surface area contributed by atoms with Crippen molar-refractivity contribution in [3.8, 4) is 5.75 Å². The van der Waals surface area contributed by atoms with Gasteiger partial charge in [-0.3, -0.25) is 9.59 Å². The first-order valence-corrected chi connectivity index (χ1v) is 7.98. The van der Waals surface area contributed by atoms with Crippen molar-refractivity contribution in [1.29, 1.82) is 0 Å². The fourth-order valence-electron chi connectivity index (χ4n) is 2.22. The molecular formula is C17H15NO4S. The Kier molecular flexibility index (Phi) is 4.43. The summed E-state index contributed by atoms with van der Waals surface area (Å²) in [5, 5.41) is 5.17. The number of carbonyl (C=O) groups excluding carboxylic acids is 1. The van der Waals surface area contributed by atoms with E-state index in [1.807, 2.05) is 17.5 Å². The highest BCUT2D eigenvalue weighted by molar-refractivity contribution is 7.09. The Hall–Kier alpha value is -2.60. The standard InChI is InChI=1S/C17H15NO4S/c1-21-11-4-5-13-14(19)10-16(22-15(13)9-11)17(20)18-7-6-12-3-2-8-23-12/h2-5,8-10H,6-7H2,1H3,(H,18,20). The van der Waals surface area contributed by atoms with Gasteiger partial charge in [-0.15, -0.1) is 11.3 Å². The molecule has 0 unspecified atom stereocenters. The SMILES string of the molecule is COc1ccc2c(=O)cc(C(=O)NCCc3cccs3)oc2c1. The van der Waals surface area contributed by atoms with Crippen molar-refractivity contribution in [2.45, 2.75) is 6.42 Å². The minimum absolute atomic E-state index is 0.00179. The Labute approximate surface area is 136 Å². The second kappa shape index (κ2) is 6.66. The molecule has 1 aromatic carbocycles. The number of rotatable bonds is 5. The van der Waals surface area contributed by atoms with Gasteiger partial charge < -0.3 is 14.5 Å². The Bertz CT molecular complexity index is 883. The topological polar surface area (TPSA) is 68.5 Å². The maximum absolute atomic E-state index is 12.2. The molecule has 6 heteroatoms. The molecule has 3 aromatic rings. The third kappa shape index (κ3) is 3.43. The van der Waals surface area contributed by atoms with Crippen molar-refractivity contribution in [3.05, 3.63) is 62.6 Å². The molecule has 0 atom stereocenters. The predicted molar refractivity (Wildman–Crippen MR) is 89.4 cm³/mol. The van der Waals surface area contributed by atoms with E-state index in [4.69, 9.17) is 9.15 Å². The molecule has 0 saturated carbocycles. The molecule has 1 N–H and O–H groups in total. The minimum atomic E-state index is -0.400. The number of hydrogen-bond acceptors (Lipinski definition) is 5. The molecule has 0 fully saturated rings. The van der Waals surface area contributed by atoms with Gasteiger partial charge in [0.1, 0.15) is 11.3 Å². The number of nitrogens with one attached hydrogen (secondary N) is 1. The highest BCUT2D eigenvalue weighted by Gasteiger charge is 2.12. The fraction of sp³-hybridized carbons (Fsp3) is 0.176. The maximum atomic E-state index is 12.2. The first-order valence-electron chi connectivity index (χ1n) is 7.10. The lowest BCUT2D eigenvalue weighted by atomic mass is 10.2. The van der Waals surface area contributed by atoms with E-state index in [0.29, 0.717) is 23.3 Å². The monoisotopic (exact) mass is 329 g/mol. The number of hydrogen-bond donors (Lipinski definition) is 1. The maximum Gasteiger partial charge on any atom is 0.287 e. The van der Waals surface area contributed by atoms with Crippen LogP contribution in [0.3, 0.4) is 0 Å². The normalized spacial score (nSPS) is 10.7. The van der Waals surface area contributed by atoms with Crippen molar-refractivity contribution < 1.29 is 13.9 Å². The van der Waals surface area contributed by atoms with Gasteiger partial charge in [0.05, 0.1) is 12.5 Å². The molecule has 118 valence electrons. The van der Waals surface area contributed by atoms with Gasteiger partial charge in [0.25, 0.3) is 5.91 Å². The summed E-state index contributed by atoms with van der Waals surface area (Å²) in [5.74, 6) is 0.168. The van der Waals surface area contributed by atoms with Gasteiger partial charge in [0.2, 0.25) is 0 Å². The number of carbonyl (C=O) groups is 1. The van der Waals surface area contributed by atoms with Gasteiger partial charge in [0.15, 0.2) is 11.2 Å². The van der Waals surface area contributed by atoms with E-state index in [2.05, 4.69) is 5.32 Å². The molecule has 0 aliphatic heterocycles. The van der Waals surface area contributed by atoms with Gasteiger partial charge in [-0.25, -0.2) is 0 Å². The highest BCUT2D eigenvalue weighted by Crippen LogP contribution is 2.19. The van der Waals surface area contributed by atoms with Gasteiger partial charge in [-0.2, -0.15) is 0 Å². The second-order valence-electron chi connectivity index (χ2n) is 4.92. The third-order valence-electron chi connectivity index (χ3n) is 3.40. The van der Waals surface area contributed by atoms with E-state index < -0.39 is 5.91 Å². The summed E-state index contributed by atoms with van der Waals surface area (Å²) < 4.78 is 10.7. The van der Waals surface area contributed by atoms with E-state index >= 15 is 0 Å². The first-order chi connectivity index (χ1) is 11.2. The molecule has 2 heterocycles. The molecule has 2 aromatic heterocycles. The largest absolute Gasteiger partial charge is 0.497 e. The van der Waals surface area contributed by atoms with Crippen LogP contribution in [0.25, 0.3) is 11.0 Å². The summed E-state index contributed by atoms with van der Waals surface area (Å²) in [6.45, 7) is 0.485. The van der Waals surface area contributed by atoms with E-state index in [0.717, 1.165) is 6.42 Å². The van der Waals surface area contributed by atoms with Crippen molar-refractivity contribution in [2.75, 3.05) is 13.7 Å². The third-order valence-corrected chi connectivity index (χ3v) is 4.33. The number of benzene rings is 1. The van der Waals surface area contributed by atoms with Crippen molar-refractivity contribution in [2.24, 2.45) is 0 Å². The van der Waals surface area contributed by atoms with E-state index in [-0.39, 0.29) is 11.2 Å². The number of methoxy groups -OCH3 is 1. The quantitative estimate of drug-likeness (QED) is 0.781. The molecule has 0 aliphatic carbocycles. The number of ether oxygens (including phenoxy) is 1. The zero-order valence-electron chi connectivity index (χ0n) is 12.5. The van der Waals surface area contributed by atoms with Crippen LogP contribution >= 0.6 is 11.3 Å². The van der Waals surface area contributed by atoms with Crippen LogP contribution in [0.2, 0.25) is 0 Å². The van der Waals surface area contributed by atoms with E-state index in [9.17, 15) is 9.59 Å². The molecule has 1 amide bonds. The van der Waals surface area contributed by atoms with Crippen LogP contribution in [0.1, 0.15) is 15.4 Å². The molecule has 0 spiro atoms. The van der Waals surface area contributed by atoms with Crippen LogP contribution in [0, 0.1) is 0 Å². The van der Waals surface area contributed by atoms with Crippen LogP contribution in [-0.2, 0) is 6.42 Å². The van der Waals surface area contributed by atoms with Crippen molar-refractivity contribution in [1.82, 2.24) is 5.32 Å².